The van der Waals surface area contributed by atoms with Crippen LogP contribution in [0.4, 0.5) is 5.82 Å². The van der Waals surface area contributed by atoms with E-state index in [4.69, 9.17) is 5.73 Å². The van der Waals surface area contributed by atoms with Crippen molar-refractivity contribution in [3.8, 4) is 0 Å². The highest BCUT2D eigenvalue weighted by atomic mass is 15.1. The topological polar surface area (TPSA) is 54.7 Å². The maximum absolute atomic E-state index is 5.76. The summed E-state index contributed by atoms with van der Waals surface area (Å²) in [5.74, 6) is 0.610. The Morgan fingerprint density at radius 2 is 2.31 bits per heavy atom. The summed E-state index contributed by atoms with van der Waals surface area (Å²) in [6.45, 7) is 2.16. The van der Waals surface area contributed by atoms with Gasteiger partial charge in [-0.05, 0) is 18.1 Å². The Balaban J connectivity index is 2.65. The molecule has 0 atom stereocenters. The predicted octanol–water partition coefficient (Wildman–Crippen LogP) is 2.10. The van der Waals surface area contributed by atoms with Gasteiger partial charge in [-0.1, -0.05) is 25.5 Å². The third kappa shape index (κ3) is 1.26. The van der Waals surface area contributed by atoms with Crippen molar-refractivity contribution in [1.29, 1.82) is 0 Å². The van der Waals surface area contributed by atoms with Crippen molar-refractivity contribution in [3.05, 3.63) is 23.8 Å². The predicted molar refractivity (Wildman–Crippen MR) is 54.5 cm³/mol. The number of benzene rings is 1. The van der Waals surface area contributed by atoms with Crippen molar-refractivity contribution in [3.63, 3.8) is 0 Å². The summed E-state index contributed by atoms with van der Waals surface area (Å²) in [6.07, 6.45) is 2.19. The molecule has 0 unspecified atom stereocenters. The van der Waals surface area contributed by atoms with Gasteiger partial charge in [0.1, 0.15) is 0 Å². The highest BCUT2D eigenvalue weighted by molar-refractivity contribution is 5.91. The number of nitrogens with one attached hydrogen (secondary N) is 1. The van der Waals surface area contributed by atoms with E-state index in [0.29, 0.717) is 5.82 Å². The number of rotatable bonds is 2. The lowest BCUT2D eigenvalue weighted by Gasteiger charge is -2.00. The fraction of sp³-hybridized carbons (Fsp3) is 0.300. The van der Waals surface area contributed by atoms with E-state index in [9.17, 15) is 0 Å². The fourth-order valence-electron chi connectivity index (χ4n) is 1.65. The van der Waals surface area contributed by atoms with E-state index >= 15 is 0 Å². The number of fused-ring (bicyclic) bond motifs is 1. The van der Waals surface area contributed by atoms with Crippen LogP contribution in [0, 0.1) is 0 Å². The molecular weight excluding hydrogens is 162 g/mol. The Morgan fingerprint density at radius 3 is 3.08 bits per heavy atom. The van der Waals surface area contributed by atoms with Crippen molar-refractivity contribution in [1.82, 2.24) is 10.2 Å². The Kier molecular flexibility index (Phi) is 1.93. The normalized spacial score (nSPS) is 10.8. The van der Waals surface area contributed by atoms with Gasteiger partial charge < -0.3 is 5.73 Å². The van der Waals surface area contributed by atoms with Crippen LogP contribution in [0.15, 0.2) is 18.2 Å². The molecule has 1 aromatic carbocycles. The van der Waals surface area contributed by atoms with E-state index in [-0.39, 0.29) is 0 Å². The molecule has 13 heavy (non-hydrogen) atoms. The van der Waals surface area contributed by atoms with Gasteiger partial charge in [-0.25, -0.2) is 0 Å². The van der Waals surface area contributed by atoms with Crippen LogP contribution in [-0.4, -0.2) is 10.2 Å². The van der Waals surface area contributed by atoms with E-state index in [2.05, 4.69) is 23.2 Å². The first-order valence-electron chi connectivity index (χ1n) is 4.54. The van der Waals surface area contributed by atoms with Crippen LogP contribution < -0.4 is 5.73 Å². The van der Waals surface area contributed by atoms with E-state index in [1.54, 1.807) is 0 Å². The summed E-state index contributed by atoms with van der Waals surface area (Å²) in [7, 11) is 0. The number of nitrogens with zero attached hydrogens (tertiary/aromatic N) is 1. The maximum Gasteiger partial charge on any atom is 0.153 e. The van der Waals surface area contributed by atoms with Gasteiger partial charge in [0.2, 0.25) is 0 Å². The molecule has 0 saturated carbocycles. The van der Waals surface area contributed by atoms with Crippen LogP contribution in [0.5, 0.6) is 0 Å². The van der Waals surface area contributed by atoms with Crippen LogP contribution in [0.25, 0.3) is 10.9 Å². The lowest BCUT2D eigenvalue weighted by atomic mass is 10.1. The molecule has 2 aromatic rings. The summed E-state index contributed by atoms with van der Waals surface area (Å²) in [4.78, 5) is 0. The molecular formula is C10H13N3. The number of hydrogen-bond acceptors (Lipinski definition) is 2. The number of hydrogen-bond donors (Lipinski definition) is 2. The Hall–Kier alpha value is -1.51. The lowest BCUT2D eigenvalue weighted by molar-refractivity contribution is 0.930. The highest BCUT2D eigenvalue weighted by Crippen LogP contribution is 2.22. The largest absolute Gasteiger partial charge is 0.382 e. The first kappa shape index (κ1) is 8.10. The van der Waals surface area contributed by atoms with Crippen LogP contribution in [0.3, 0.4) is 0 Å². The molecule has 68 valence electrons. The molecule has 0 bridgehead atoms. The van der Waals surface area contributed by atoms with Crippen molar-refractivity contribution in [2.75, 3.05) is 5.73 Å². The minimum Gasteiger partial charge on any atom is -0.382 e. The zero-order valence-corrected chi connectivity index (χ0v) is 7.67. The molecule has 0 radical (unpaired) electrons. The molecule has 1 heterocycles. The van der Waals surface area contributed by atoms with Crippen LogP contribution in [0.1, 0.15) is 18.9 Å². The monoisotopic (exact) mass is 175 g/mol. The van der Waals surface area contributed by atoms with Crippen LogP contribution >= 0.6 is 0 Å². The first-order valence-corrected chi connectivity index (χ1v) is 4.54. The first-order chi connectivity index (χ1) is 6.33. The highest BCUT2D eigenvalue weighted by Gasteiger charge is 2.05. The van der Waals surface area contributed by atoms with Crippen LogP contribution in [-0.2, 0) is 6.42 Å². The minimum absolute atomic E-state index is 0.610. The summed E-state index contributed by atoms with van der Waals surface area (Å²) in [5, 5.41) is 7.99. The summed E-state index contributed by atoms with van der Waals surface area (Å²) in [6, 6.07) is 6.14. The van der Waals surface area contributed by atoms with Gasteiger partial charge in [0.05, 0.1) is 5.52 Å². The molecule has 1 aromatic heterocycles. The number of aromatic amines is 1. The molecule has 3 nitrogen and oxygen atoms in total. The molecule has 0 amide bonds. The molecule has 3 N–H and O–H groups in total. The van der Waals surface area contributed by atoms with Gasteiger partial charge >= 0.3 is 0 Å². The van der Waals surface area contributed by atoms with Crippen molar-refractivity contribution < 1.29 is 0 Å². The standard InChI is InChI=1S/C10H13N3/c1-2-4-7-5-3-6-8-9(7)10(11)13-12-8/h3,5-6H,2,4H2,1H3,(H3,11,12,13). The zero-order valence-electron chi connectivity index (χ0n) is 7.67. The smallest absolute Gasteiger partial charge is 0.153 e. The number of H-pyrrole nitrogens is 1. The molecule has 2 rings (SSSR count). The fourth-order valence-corrected chi connectivity index (χ4v) is 1.65. The summed E-state index contributed by atoms with van der Waals surface area (Å²) in [5.41, 5.74) is 8.08. The van der Waals surface area contributed by atoms with E-state index < -0.39 is 0 Å². The number of aryl methyl sites for hydroxylation is 1. The summed E-state index contributed by atoms with van der Waals surface area (Å²) >= 11 is 0. The average molecular weight is 175 g/mol. The maximum atomic E-state index is 5.76. The molecule has 3 heteroatoms. The molecule has 0 aliphatic rings. The molecule has 0 saturated heterocycles. The Morgan fingerprint density at radius 1 is 1.46 bits per heavy atom. The number of nitrogen functional groups attached to an aromatic ring is 1. The van der Waals surface area contributed by atoms with E-state index in [1.165, 1.54) is 5.56 Å². The van der Waals surface area contributed by atoms with Gasteiger partial charge in [0.25, 0.3) is 0 Å². The summed E-state index contributed by atoms with van der Waals surface area (Å²) < 4.78 is 0. The number of nitrogens with two attached hydrogens (primary N) is 1. The van der Waals surface area contributed by atoms with Crippen LogP contribution in [0.2, 0.25) is 0 Å². The average Bonchev–Trinajstić information content (AvgIpc) is 2.50. The quantitative estimate of drug-likeness (QED) is 0.734. The minimum atomic E-state index is 0.610. The number of anilines is 1. The second-order valence-corrected chi connectivity index (χ2v) is 3.20. The molecule has 0 aliphatic heterocycles. The zero-order chi connectivity index (χ0) is 9.26. The van der Waals surface area contributed by atoms with Gasteiger partial charge in [0.15, 0.2) is 5.82 Å². The molecule has 0 spiro atoms. The van der Waals surface area contributed by atoms with Gasteiger partial charge in [-0.2, -0.15) is 5.10 Å². The Bertz CT molecular complexity index is 417. The van der Waals surface area contributed by atoms with E-state index in [1.807, 2.05) is 12.1 Å². The third-order valence-electron chi connectivity index (χ3n) is 2.22. The van der Waals surface area contributed by atoms with Crippen molar-refractivity contribution >= 4 is 16.7 Å². The second-order valence-electron chi connectivity index (χ2n) is 3.20. The molecule has 0 fully saturated rings. The Labute approximate surface area is 76.9 Å². The van der Waals surface area contributed by atoms with Gasteiger partial charge in [-0.3, -0.25) is 5.10 Å². The third-order valence-corrected chi connectivity index (χ3v) is 2.22. The molecule has 0 aliphatic carbocycles. The number of aromatic nitrogens is 2. The lowest BCUT2D eigenvalue weighted by Crippen LogP contribution is -1.89. The SMILES string of the molecule is CCCc1cccc2[nH]nc(N)c12. The van der Waals surface area contributed by atoms with Crippen molar-refractivity contribution in [2.45, 2.75) is 19.8 Å². The van der Waals surface area contributed by atoms with Gasteiger partial charge in [-0.15, -0.1) is 0 Å². The van der Waals surface area contributed by atoms with Gasteiger partial charge in [0, 0.05) is 5.39 Å². The van der Waals surface area contributed by atoms with E-state index in [0.717, 1.165) is 23.7 Å². The second kappa shape index (κ2) is 3.09. The van der Waals surface area contributed by atoms with Crippen molar-refractivity contribution in [2.24, 2.45) is 0 Å².